The van der Waals surface area contributed by atoms with Crippen LogP contribution in [-0.4, -0.2) is 0 Å². The van der Waals surface area contributed by atoms with Crippen molar-refractivity contribution in [3.05, 3.63) is 52.0 Å². The third-order valence-electron chi connectivity index (χ3n) is 3.20. The fourth-order valence-electron chi connectivity index (χ4n) is 2.12. The summed E-state index contributed by atoms with van der Waals surface area (Å²) < 4.78 is 0.990. The van der Waals surface area contributed by atoms with E-state index in [1.165, 1.54) is 11.1 Å². The summed E-state index contributed by atoms with van der Waals surface area (Å²) in [6.45, 7) is 6.51. The molecule has 0 saturated heterocycles. The molecule has 0 fully saturated rings. The minimum absolute atomic E-state index is 0.471. The standard InChI is InChI=1S/C16H19BrN2/c1-10(2)13-6-4-5-11(3)16(13)19-15-8-7-12(17)9-14(15)18/h4-10,19H,18H2,1-3H3. The number of para-hydroxylation sites is 1. The normalized spacial score (nSPS) is 10.8. The second-order valence-corrected chi connectivity index (χ2v) is 5.97. The van der Waals surface area contributed by atoms with Gasteiger partial charge in [-0.1, -0.05) is 48.0 Å². The van der Waals surface area contributed by atoms with E-state index in [4.69, 9.17) is 5.73 Å². The monoisotopic (exact) mass is 318 g/mol. The van der Waals surface area contributed by atoms with Gasteiger partial charge in [0.1, 0.15) is 0 Å². The van der Waals surface area contributed by atoms with Gasteiger partial charge in [-0.05, 0) is 42.2 Å². The van der Waals surface area contributed by atoms with Gasteiger partial charge in [-0.15, -0.1) is 0 Å². The van der Waals surface area contributed by atoms with Crippen molar-refractivity contribution in [3.8, 4) is 0 Å². The molecule has 0 bridgehead atoms. The van der Waals surface area contributed by atoms with E-state index in [1.807, 2.05) is 18.2 Å². The number of nitrogen functional groups attached to an aromatic ring is 1. The molecule has 0 unspecified atom stereocenters. The molecule has 0 radical (unpaired) electrons. The van der Waals surface area contributed by atoms with Crippen LogP contribution in [0.1, 0.15) is 30.9 Å². The van der Waals surface area contributed by atoms with E-state index in [0.717, 1.165) is 21.5 Å². The van der Waals surface area contributed by atoms with Gasteiger partial charge in [0.25, 0.3) is 0 Å². The number of anilines is 3. The summed E-state index contributed by atoms with van der Waals surface area (Å²) in [5.74, 6) is 0.471. The highest BCUT2D eigenvalue weighted by Gasteiger charge is 2.10. The summed E-state index contributed by atoms with van der Waals surface area (Å²) in [6.07, 6.45) is 0. The van der Waals surface area contributed by atoms with E-state index in [9.17, 15) is 0 Å². The summed E-state index contributed by atoms with van der Waals surface area (Å²) in [5.41, 5.74) is 11.4. The lowest BCUT2D eigenvalue weighted by Gasteiger charge is -2.18. The SMILES string of the molecule is Cc1cccc(C(C)C)c1Nc1ccc(Br)cc1N. The van der Waals surface area contributed by atoms with Crippen LogP contribution >= 0.6 is 15.9 Å². The van der Waals surface area contributed by atoms with Crippen LogP contribution in [0.2, 0.25) is 0 Å². The lowest BCUT2D eigenvalue weighted by atomic mass is 9.98. The molecule has 0 heterocycles. The zero-order chi connectivity index (χ0) is 14.0. The predicted molar refractivity (Wildman–Crippen MR) is 87.1 cm³/mol. The Bertz CT molecular complexity index is 591. The average molecular weight is 319 g/mol. The van der Waals surface area contributed by atoms with Crippen molar-refractivity contribution < 1.29 is 0 Å². The van der Waals surface area contributed by atoms with E-state index in [1.54, 1.807) is 0 Å². The number of nitrogens with one attached hydrogen (secondary N) is 1. The molecular weight excluding hydrogens is 300 g/mol. The van der Waals surface area contributed by atoms with Gasteiger partial charge < -0.3 is 11.1 Å². The summed E-state index contributed by atoms with van der Waals surface area (Å²) in [6, 6.07) is 12.3. The molecule has 2 aromatic rings. The van der Waals surface area contributed by atoms with E-state index < -0.39 is 0 Å². The molecule has 2 nitrogen and oxygen atoms in total. The first-order valence-corrected chi connectivity index (χ1v) is 7.20. The Labute approximate surface area is 123 Å². The maximum absolute atomic E-state index is 6.05. The molecule has 0 spiro atoms. The second-order valence-electron chi connectivity index (χ2n) is 5.05. The molecule has 0 aliphatic carbocycles. The minimum atomic E-state index is 0.471. The number of hydrogen-bond donors (Lipinski definition) is 2. The van der Waals surface area contributed by atoms with Gasteiger partial charge in [0.15, 0.2) is 0 Å². The third kappa shape index (κ3) is 3.10. The molecule has 19 heavy (non-hydrogen) atoms. The number of rotatable bonds is 3. The Kier molecular flexibility index (Phi) is 4.15. The van der Waals surface area contributed by atoms with Gasteiger partial charge in [-0.2, -0.15) is 0 Å². The van der Waals surface area contributed by atoms with Crippen LogP contribution < -0.4 is 11.1 Å². The van der Waals surface area contributed by atoms with E-state index in [0.29, 0.717) is 5.92 Å². The lowest BCUT2D eigenvalue weighted by molar-refractivity contribution is 0.867. The van der Waals surface area contributed by atoms with Crippen LogP contribution in [-0.2, 0) is 0 Å². The first kappa shape index (κ1) is 13.9. The summed E-state index contributed by atoms with van der Waals surface area (Å²) in [7, 11) is 0. The topological polar surface area (TPSA) is 38.0 Å². The summed E-state index contributed by atoms with van der Waals surface area (Å²) in [4.78, 5) is 0. The maximum Gasteiger partial charge on any atom is 0.0618 e. The summed E-state index contributed by atoms with van der Waals surface area (Å²) >= 11 is 3.43. The highest BCUT2D eigenvalue weighted by Crippen LogP contribution is 2.33. The Morgan fingerprint density at radius 2 is 1.89 bits per heavy atom. The van der Waals surface area contributed by atoms with Gasteiger partial charge in [0.2, 0.25) is 0 Å². The van der Waals surface area contributed by atoms with Crippen molar-refractivity contribution in [3.63, 3.8) is 0 Å². The molecule has 2 aromatic carbocycles. The Morgan fingerprint density at radius 1 is 1.16 bits per heavy atom. The van der Waals surface area contributed by atoms with Crippen molar-refractivity contribution in [2.75, 3.05) is 11.1 Å². The Balaban J connectivity index is 2.43. The Morgan fingerprint density at radius 3 is 2.53 bits per heavy atom. The zero-order valence-corrected chi connectivity index (χ0v) is 13.1. The fraction of sp³-hybridized carbons (Fsp3) is 0.250. The first-order chi connectivity index (χ1) is 8.99. The van der Waals surface area contributed by atoms with Crippen LogP contribution in [0, 0.1) is 6.92 Å². The molecule has 0 aliphatic rings. The van der Waals surface area contributed by atoms with Crippen molar-refractivity contribution in [2.45, 2.75) is 26.7 Å². The van der Waals surface area contributed by atoms with Crippen molar-refractivity contribution in [2.24, 2.45) is 0 Å². The molecular formula is C16H19BrN2. The van der Waals surface area contributed by atoms with Gasteiger partial charge >= 0.3 is 0 Å². The average Bonchev–Trinajstić information content (AvgIpc) is 2.34. The molecule has 0 aliphatic heterocycles. The van der Waals surface area contributed by atoms with Crippen LogP contribution in [0.15, 0.2) is 40.9 Å². The molecule has 2 rings (SSSR count). The Hall–Kier alpha value is -1.48. The maximum atomic E-state index is 6.05. The van der Waals surface area contributed by atoms with Crippen LogP contribution in [0.4, 0.5) is 17.1 Å². The molecule has 3 heteroatoms. The molecule has 0 atom stereocenters. The fourth-order valence-corrected chi connectivity index (χ4v) is 2.50. The minimum Gasteiger partial charge on any atom is -0.397 e. The van der Waals surface area contributed by atoms with Gasteiger partial charge in [0, 0.05) is 10.2 Å². The zero-order valence-electron chi connectivity index (χ0n) is 11.5. The molecule has 0 aromatic heterocycles. The van der Waals surface area contributed by atoms with Crippen LogP contribution in [0.25, 0.3) is 0 Å². The van der Waals surface area contributed by atoms with E-state index in [2.05, 4.69) is 60.2 Å². The second kappa shape index (κ2) is 5.66. The van der Waals surface area contributed by atoms with Gasteiger partial charge in [-0.25, -0.2) is 0 Å². The lowest BCUT2D eigenvalue weighted by Crippen LogP contribution is -2.02. The quantitative estimate of drug-likeness (QED) is 0.762. The van der Waals surface area contributed by atoms with E-state index >= 15 is 0 Å². The number of benzene rings is 2. The third-order valence-corrected chi connectivity index (χ3v) is 3.69. The van der Waals surface area contributed by atoms with E-state index in [-0.39, 0.29) is 0 Å². The van der Waals surface area contributed by atoms with Crippen molar-refractivity contribution in [1.29, 1.82) is 0 Å². The first-order valence-electron chi connectivity index (χ1n) is 6.40. The largest absolute Gasteiger partial charge is 0.397 e. The van der Waals surface area contributed by atoms with Crippen LogP contribution in [0.5, 0.6) is 0 Å². The van der Waals surface area contributed by atoms with Crippen LogP contribution in [0.3, 0.4) is 0 Å². The van der Waals surface area contributed by atoms with Crippen molar-refractivity contribution >= 4 is 33.0 Å². The predicted octanol–water partition coefficient (Wildman–Crippen LogP) is 5.21. The van der Waals surface area contributed by atoms with Gasteiger partial charge in [-0.3, -0.25) is 0 Å². The van der Waals surface area contributed by atoms with Gasteiger partial charge in [0.05, 0.1) is 11.4 Å². The summed E-state index contributed by atoms with van der Waals surface area (Å²) in [5, 5.41) is 3.47. The van der Waals surface area contributed by atoms with Crippen molar-refractivity contribution in [1.82, 2.24) is 0 Å². The molecule has 3 N–H and O–H groups in total. The molecule has 100 valence electrons. The highest BCUT2D eigenvalue weighted by molar-refractivity contribution is 9.10. The highest BCUT2D eigenvalue weighted by atomic mass is 79.9. The number of halogens is 1. The molecule has 0 amide bonds. The number of aryl methyl sites for hydroxylation is 1. The smallest absolute Gasteiger partial charge is 0.0618 e. The molecule has 0 saturated carbocycles. The number of hydrogen-bond acceptors (Lipinski definition) is 2. The number of nitrogens with two attached hydrogens (primary N) is 1.